The van der Waals surface area contributed by atoms with Crippen molar-refractivity contribution < 1.29 is 0 Å². The highest BCUT2D eigenvalue weighted by molar-refractivity contribution is 5.81. The number of nitrogens with two attached hydrogens (primary N) is 1. The molecule has 0 radical (unpaired) electrons. The van der Waals surface area contributed by atoms with Crippen molar-refractivity contribution in [2.75, 3.05) is 13.1 Å². The van der Waals surface area contributed by atoms with Crippen molar-refractivity contribution in [3.63, 3.8) is 0 Å². The summed E-state index contributed by atoms with van der Waals surface area (Å²) in [7, 11) is 0. The zero-order valence-electron chi connectivity index (χ0n) is 10.6. The lowest BCUT2D eigenvalue weighted by atomic mass is 10.1. The van der Waals surface area contributed by atoms with Gasteiger partial charge in [0.1, 0.15) is 0 Å². The lowest BCUT2D eigenvalue weighted by Gasteiger charge is -2.03. The minimum Gasteiger partial charge on any atom is -0.358 e. The maximum atomic E-state index is 5.45. The second-order valence-electron chi connectivity index (χ2n) is 4.77. The lowest BCUT2D eigenvalue weighted by molar-refractivity contribution is 0.695. The summed E-state index contributed by atoms with van der Waals surface area (Å²) < 4.78 is 0. The number of aromatic amines is 1. The van der Waals surface area contributed by atoms with Crippen molar-refractivity contribution in [2.45, 2.75) is 26.3 Å². The first-order chi connectivity index (χ1) is 8.20. The first-order valence-corrected chi connectivity index (χ1v) is 6.23. The van der Waals surface area contributed by atoms with Crippen LogP contribution >= 0.6 is 0 Å². The Morgan fingerprint density at radius 3 is 2.82 bits per heavy atom. The Morgan fingerprint density at radius 2 is 2.12 bits per heavy atom. The average Bonchev–Trinajstić information content (AvgIpc) is 2.72. The largest absolute Gasteiger partial charge is 0.358 e. The molecular weight excluding hydrogens is 210 g/mol. The van der Waals surface area contributed by atoms with E-state index in [0.717, 1.165) is 13.1 Å². The minimum atomic E-state index is 0.543. The van der Waals surface area contributed by atoms with Gasteiger partial charge in [-0.1, -0.05) is 26.0 Å². The molecule has 1 heterocycles. The number of nitrogens with one attached hydrogen (secondary N) is 2. The number of hydrogen-bond donors (Lipinski definition) is 3. The quantitative estimate of drug-likeness (QED) is 0.692. The molecule has 0 saturated heterocycles. The van der Waals surface area contributed by atoms with Gasteiger partial charge in [0.05, 0.1) is 0 Å². The SMILES string of the molecule is CC(C)c1cc2ccc(CNCCN)cc2[nH]1. The van der Waals surface area contributed by atoms with Gasteiger partial charge in [-0.15, -0.1) is 0 Å². The Labute approximate surface area is 102 Å². The third-order valence-electron chi connectivity index (χ3n) is 2.98. The molecule has 1 aromatic carbocycles. The lowest BCUT2D eigenvalue weighted by Crippen LogP contribution is -2.21. The zero-order chi connectivity index (χ0) is 12.3. The fourth-order valence-electron chi connectivity index (χ4n) is 1.95. The normalized spacial score (nSPS) is 11.5. The molecule has 1 aromatic heterocycles. The summed E-state index contributed by atoms with van der Waals surface area (Å²) in [6.45, 7) is 6.83. The van der Waals surface area contributed by atoms with Crippen molar-refractivity contribution in [2.24, 2.45) is 5.73 Å². The molecule has 3 nitrogen and oxygen atoms in total. The van der Waals surface area contributed by atoms with Gasteiger partial charge >= 0.3 is 0 Å². The number of benzene rings is 1. The molecule has 3 heteroatoms. The van der Waals surface area contributed by atoms with E-state index in [1.165, 1.54) is 22.2 Å². The Balaban J connectivity index is 2.18. The van der Waals surface area contributed by atoms with Crippen LogP contribution in [0.25, 0.3) is 10.9 Å². The smallest absolute Gasteiger partial charge is 0.0459 e. The third-order valence-corrected chi connectivity index (χ3v) is 2.98. The van der Waals surface area contributed by atoms with E-state index in [0.29, 0.717) is 12.5 Å². The van der Waals surface area contributed by atoms with Crippen molar-refractivity contribution in [3.8, 4) is 0 Å². The van der Waals surface area contributed by atoms with E-state index in [-0.39, 0.29) is 0 Å². The average molecular weight is 231 g/mol. The maximum Gasteiger partial charge on any atom is 0.0459 e. The maximum absolute atomic E-state index is 5.45. The molecule has 0 aliphatic carbocycles. The molecule has 2 aromatic rings. The van der Waals surface area contributed by atoms with Crippen LogP contribution < -0.4 is 11.1 Å². The number of hydrogen-bond acceptors (Lipinski definition) is 2. The van der Waals surface area contributed by atoms with Crippen LogP contribution in [0.4, 0.5) is 0 Å². The Bertz CT molecular complexity index is 485. The van der Waals surface area contributed by atoms with Crippen molar-refractivity contribution in [3.05, 3.63) is 35.5 Å². The molecule has 0 bridgehead atoms. The van der Waals surface area contributed by atoms with E-state index < -0.39 is 0 Å². The van der Waals surface area contributed by atoms with Crippen LogP contribution in [-0.4, -0.2) is 18.1 Å². The minimum absolute atomic E-state index is 0.543. The molecule has 0 spiro atoms. The highest BCUT2D eigenvalue weighted by Crippen LogP contribution is 2.21. The summed E-state index contributed by atoms with van der Waals surface area (Å²) in [5.74, 6) is 0.543. The predicted octanol–water partition coefficient (Wildman–Crippen LogP) is 2.34. The van der Waals surface area contributed by atoms with Gasteiger partial charge in [0.25, 0.3) is 0 Å². The first kappa shape index (κ1) is 12.1. The number of fused-ring (bicyclic) bond motifs is 1. The predicted molar refractivity (Wildman–Crippen MR) is 73.1 cm³/mol. The monoisotopic (exact) mass is 231 g/mol. The molecule has 4 N–H and O–H groups in total. The number of aromatic nitrogens is 1. The van der Waals surface area contributed by atoms with Crippen LogP contribution in [0.2, 0.25) is 0 Å². The molecule has 0 fully saturated rings. The van der Waals surface area contributed by atoms with E-state index in [9.17, 15) is 0 Å². The number of H-pyrrole nitrogens is 1. The van der Waals surface area contributed by atoms with Crippen LogP contribution in [0.15, 0.2) is 24.3 Å². The molecule has 0 amide bonds. The topological polar surface area (TPSA) is 53.8 Å². The third kappa shape index (κ3) is 2.87. The van der Waals surface area contributed by atoms with Gasteiger partial charge in [-0.3, -0.25) is 0 Å². The summed E-state index contributed by atoms with van der Waals surface area (Å²) in [6.07, 6.45) is 0. The van der Waals surface area contributed by atoms with Crippen LogP contribution in [0.5, 0.6) is 0 Å². The molecule has 0 unspecified atom stereocenters. The van der Waals surface area contributed by atoms with Gasteiger partial charge in [-0.05, 0) is 29.0 Å². The van der Waals surface area contributed by atoms with E-state index in [4.69, 9.17) is 5.73 Å². The van der Waals surface area contributed by atoms with Gasteiger partial charge < -0.3 is 16.0 Å². The van der Waals surface area contributed by atoms with Crippen molar-refractivity contribution in [1.82, 2.24) is 10.3 Å². The Morgan fingerprint density at radius 1 is 1.29 bits per heavy atom. The first-order valence-electron chi connectivity index (χ1n) is 6.23. The van der Waals surface area contributed by atoms with E-state index in [2.05, 4.69) is 48.4 Å². The molecule has 0 aliphatic rings. The Hall–Kier alpha value is -1.32. The fourth-order valence-corrected chi connectivity index (χ4v) is 1.95. The van der Waals surface area contributed by atoms with Gasteiger partial charge in [-0.2, -0.15) is 0 Å². The van der Waals surface area contributed by atoms with Crippen LogP contribution in [0, 0.1) is 0 Å². The number of rotatable bonds is 5. The Kier molecular flexibility index (Phi) is 3.82. The second-order valence-corrected chi connectivity index (χ2v) is 4.77. The molecule has 92 valence electrons. The molecule has 17 heavy (non-hydrogen) atoms. The van der Waals surface area contributed by atoms with E-state index >= 15 is 0 Å². The van der Waals surface area contributed by atoms with Crippen LogP contribution in [0.1, 0.15) is 31.0 Å². The molecule has 0 saturated carbocycles. The van der Waals surface area contributed by atoms with Crippen LogP contribution in [0.3, 0.4) is 0 Å². The van der Waals surface area contributed by atoms with Crippen molar-refractivity contribution in [1.29, 1.82) is 0 Å². The van der Waals surface area contributed by atoms with E-state index in [1.54, 1.807) is 0 Å². The second kappa shape index (κ2) is 5.34. The zero-order valence-corrected chi connectivity index (χ0v) is 10.6. The highest BCUT2D eigenvalue weighted by Gasteiger charge is 2.04. The standard InChI is InChI=1S/C14H21N3/c1-10(2)13-8-12-4-3-11(7-14(12)17-13)9-16-6-5-15/h3-4,7-8,10,16-17H,5-6,9,15H2,1-2H3. The van der Waals surface area contributed by atoms with Crippen molar-refractivity contribution >= 4 is 10.9 Å². The van der Waals surface area contributed by atoms with Gasteiger partial charge in [0.15, 0.2) is 0 Å². The molecule has 0 atom stereocenters. The molecule has 2 rings (SSSR count). The van der Waals surface area contributed by atoms with Gasteiger partial charge in [-0.25, -0.2) is 0 Å². The summed E-state index contributed by atoms with van der Waals surface area (Å²) >= 11 is 0. The summed E-state index contributed by atoms with van der Waals surface area (Å²) in [5.41, 5.74) is 9.27. The molecule has 0 aliphatic heterocycles. The van der Waals surface area contributed by atoms with Crippen LogP contribution in [-0.2, 0) is 6.54 Å². The highest BCUT2D eigenvalue weighted by atomic mass is 14.9. The van der Waals surface area contributed by atoms with Gasteiger partial charge in [0.2, 0.25) is 0 Å². The fraction of sp³-hybridized carbons (Fsp3) is 0.429. The summed E-state index contributed by atoms with van der Waals surface area (Å²) in [6, 6.07) is 8.79. The summed E-state index contributed by atoms with van der Waals surface area (Å²) in [4.78, 5) is 3.47. The molecular formula is C14H21N3. The van der Waals surface area contributed by atoms with Gasteiger partial charge in [0, 0.05) is 30.8 Å². The summed E-state index contributed by atoms with van der Waals surface area (Å²) in [5, 5.41) is 4.59. The van der Waals surface area contributed by atoms with E-state index in [1.807, 2.05) is 0 Å².